The van der Waals surface area contributed by atoms with Crippen molar-refractivity contribution in [2.75, 3.05) is 33.3 Å². The minimum absolute atomic E-state index is 0.811. The molecule has 1 saturated heterocycles. The summed E-state index contributed by atoms with van der Waals surface area (Å²) in [5.41, 5.74) is 2.65. The molecule has 2 aromatic rings. The molecule has 5 heteroatoms. The van der Waals surface area contributed by atoms with Crippen LogP contribution in [-0.2, 0) is 13.1 Å². The van der Waals surface area contributed by atoms with Crippen LogP contribution in [-0.4, -0.2) is 33.3 Å². The van der Waals surface area contributed by atoms with Crippen LogP contribution >= 0.6 is 27.5 Å². The van der Waals surface area contributed by atoms with E-state index < -0.39 is 0 Å². The van der Waals surface area contributed by atoms with Gasteiger partial charge in [0.2, 0.25) is 0 Å². The molecule has 3 nitrogen and oxygen atoms in total. The maximum atomic E-state index is 5.96. The van der Waals surface area contributed by atoms with E-state index in [1.54, 1.807) is 16.9 Å². The first-order valence-electron chi connectivity index (χ1n) is 8.38. The summed E-state index contributed by atoms with van der Waals surface area (Å²) >= 11 is 9.53. The zero-order valence-corrected chi connectivity index (χ0v) is 16.3. The molecule has 0 unspecified atom stereocenters. The van der Waals surface area contributed by atoms with Gasteiger partial charge in [-0.05, 0) is 30.3 Å². The number of nitrogens with one attached hydrogen (secondary N) is 2. The molecule has 0 aliphatic carbocycles. The molecule has 0 atom stereocenters. The van der Waals surface area contributed by atoms with Crippen LogP contribution in [0.1, 0.15) is 11.1 Å². The van der Waals surface area contributed by atoms with Crippen LogP contribution < -0.4 is 14.5 Å². The summed E-state index contributed by atoms with van der Waals surface area (Å²) in [6.45, 7) is 6.90. The number of piperazine rings is 1. The van der Waals surface area contributed by atoms with Crippen LogP contribution in [0.25, 0.3) is 0 Å². The minimum Gasteiger partial charge on any atom is -0.496 e. The highest BCUT2D eigenvalue weighted by molar-refractivity contribution is 9.10. The Balaban J connectivity index is 1.53. The third kappa shape index (κ3) is 4.73. The van der Waals surface area contributed by atoms with Gasteiger partial charge in [-0.2, -0.15) is 0 Å². The van der Waals surface area contributed by atoms with Crippen molar-refractivity contribution in [1.82, 2.24) is 0 Å². The van der Waals surface area contributed by atoms with Crippen molar-refractivity contribution in [2.45, 2.75) is 13.1 Å². The van der Waals surface area contributed by atoms with Gasteiger partial charge in [-0.15, -0.1) is 0 Å². The molecular formula is C19H24BrClN2O+2. The molecule has 3 rings (SSSR count). The smallest absolute Gasteiger partial charge is 0.127 e. The van der Waals surface area contributed by atoms with Gasteiger partial charge < -0.3 is 14.5 Å². The van der Waals surface area contributed by atoms with Crippen molar-refractivity contribution < 1.29 is 14.5 Å². The van der Waals surface area contributed by atoms with Gasteiger partial charge in [0, 0.05) is 20.6 Å². The largest absolute Gasteiger partial charge is 0.496 e. The van der Waals surface area contributed by atoms with E-state index in [1.807, 2.05) is 24.3 Å². The topological polar surface area (TPSA) is 18.1 Å². The van der Waals surface area contributed by atoms with E-state index in [0.717, 1.165) is 28.3 Å². The van der Waals surface area contributed by atoms with Crippen LogP contribution in [0.15, 0.2) is 46.9 Å². The standard InChI is InChI=1S/C19H22BrClN2O/c1-24-19-7-4-17(20)12-16(19)14-23-10-8-22(9-11-23)13-15-2-5-18(21)6-3-15/h2-7,12H,8-11,13-14H2,1H3/p+2. The van der Waals surface area contributed by atoms with Crippen molar-refractivity contribution in [3.8, 4) is 5.75 Å². The molecule has 0 radical (unpaired) electrons. The van der Waals surface area contributed by atoms with E-state index in [0.29, 0.717) is 0 Å². The minimum atomic E-state index is 0.811. The zero-order valence-electron chi connectivity index (χ0n) is 13.9. The van der Waals surface area contributed by atoms with Crippen LogP contribution in [0, 0.1) is 0 Å². The molecule has 1 aliphatic rings. The lowest BCUT2D eigenvalue weighted by molar-refractivity contribution is -1.02. The maximum absolute atomic E-state index is 5.96. The van der Waals surface area contributed by atoms with Gasteiger partial charge in [-0.1, -0.05) is 39.7 Å². The first kappa shape index (κ1) is 17.7. The second-order valence-corrected chi connectivity index (χ2v) is 7.79. The Bertz CT molecular complexity index is 670. The predicted molar refractivity (Wildman–Crippen MR) is 101 cm³/mol. The summed E-state index contributed by atoms with van der Waals surface area (Å²) in [5, 5.41) is 0.811. The van der Waals surface area contributed by atoms with Gasteiger partial charge in [0.05, 0.1) is 7.11 Å². The van der Waals surface area contributed by atoms with Crippen LogP contribution in [0.4, 0.5) is 0 Å². The molecular weight excluding hydrogens is 388 g/mol. The van der Waals surface area contributed by atoms with Gasteiger partial charge in [0.25, 0.3) is 0 Å². The molecule has 1 aliphatic heterocycles. The van der Waals surface area contributed by atoms with Crippen molar-refractivity contribution in [1.29, 1.82) is 0 Å². The fraction of sp³-hybridized carbons (Fsp3) is 0.368. The quantitative estimate of drug-likeness (QED) is 0.765. The molecule has 0 saturated carbocycles. The van der Waals surface area contributed by atoms with Crippen LogP contribution in [0.3, 0.4) is 0 Å². The van der Waals surface area contributed by atoms with E-state index in [1.165, 1.54) is 37.3 Å². The van der Waals surface area contributed by atoms with Crippen LogP contribution in [0.5, 0.6) is 5.75 Å². The second-order valence-electron chi connectivity index (χ2n) is 6.44. The van der Waals surface area contributed by atoms with Gasteiger partial charge in [-0.25, -0.2) is 0 Å². The molecule has 0 aromatic heterocycles. The lowest BCUT2D eigenvalue weighted by Gasteiger charge is -2.30. The molecule has 2 aromatic carbocycles. The SMILES string of the molecule is COc1ccc(Br)cc1C[NH+]1CC[NH+](Cc2ccc(Cl)cc2)CC1. The Kier molecular flexibility index (Phi) is 6.17. The van der Waals surface area contributed by atoms with Crippen molar-refractivity contribution in [3.63, 3.8) is 0 Å². The summed E-state index contributed by atoms with van der Waals surface area (Å²) in [4.78, 5) is 3.29. The first-order valence-corrected chi connectivity index (χ1v) is 9.55. The number of hydrogen-bond acceptors (Lipinski definition) is 1. The summed E-state index contributed by atoms with van der Waals surface area (Å²) in [5.74, 6) is 0.988. The highest BCUT2D eigenvalue weighted by Gasteiger charge is 2.24. The molecule has 0 bridgehead atoms. The van der Waals surface area contributed by atoms with Crippen molar-refractivity contribution >= 4 is 27.5 Å². The molecule has 1 fully saturated rings. The molecule has 0 spiro atoms. The Labute approximate surface area is 157 Å². The molecule has 128 valence electrons. The number of halogens is 2. The highest BCUT2D eigenvalue weighted by Crippen LogP contribution is 2.22. The maximum Gasteiger partial charge on any atom is 0.127 e. The van der Waals surface area contributed by atoms with Gasteiger partial charge >= 0.3 is 0 Å². The Hall–Kier alpha value is -1.07. The summed E-state index contributed by atoms with van der Waals surface area (Å²) in [6.07, 6.45) is 0. The average Bonchev–Trinajstić information content (AvgIpc) is 2.59. The Morgan fingerprint density at radius 3 is 2.21 bits per heavy atom. The summed E-state index contributed by atoms with van der Waals surface area (Å²) < 4.78 is 6.62. The number of benzene rings is 2. The van der Waals surface area contributed by atoms with E-state index in [9.17, 15) is 0 Å². The number of quaternary nitrogens is 2. The summed E-state index contributed by atoms with van der Waals surface area (Å²) in [7, 11) is 1.75. The zero-order chi connectivity index (χ0) is 16.9. The van der Waals surface area contributed by atoms with Crippen LogP contribution in [0.2, 0.25) is 5.02 Å². The number of rotatable bonds is 5. The fourth-order valence-corrected chi connectivity index (χ4v) is 3.89. The average molecular weight is 412 g/mol. The third-order valence-corrected chi connectivity index (χ3v) is 5.46. The molecule has 0 amide bonds. The molecule has 2 N–H and O–H groups in total. The number of methoxy groups -OCH3 is 1. The summed E-state index contributed by atoms with van der Waals surface area (Å²) in [6, 6.07) is 14.5. The predicted octanol–water partition coefficient (Wildman–Crippen LogP) is 1.59. The fourth-order valence-electron chi connectivity index (χ4n) is 3.36. The van der Waals surface area contributed by atoms with E-state index in [-0.39, 0.29) is 0 Å². The van der Waals surface area contributed by atoms with Crippen molar-refractivity contribution in [2.24, 2.45) is 0 Å². The lowest BCUT2D eigenvalue weighted by atomic mass is 10.1. The first-order chi connectivity index (χ1) is 11.6. The van der Waals surface area contributed by atoms with Gasteiger partial charge in [-0.3, -0.25) is 0 Å². The molecule has 1 heterocycles. The normalized spacial score (nSPS) is 20.8. The number of hydrogen-bond donors (Lipinski definition) is 2. The Morgan fingerprint density at radius 1 is 0.958 bits per heavy atom. The monoisotopic (exact) mass is 410 g/mol. The molecule has 24 heavy (non-hydrogen) atoms. The van der Waals surface area contributed by atoms with Gasteiger partial charge in [0.1, 0.15) is 45.0 Å². The van der Waals surface area contributed by atoms with E-state index in [2.05, 4.69) is 34.1 Å². The third-order valence-electron chi connectivity index (χ3n) is 4.71. The second kappa shape index (κ2) is 8.34. The van der Waals surface area contributed by atoms with E-state index in [4.69, 9.17) is 16.3 Å². The van der Waals surface area contributed by atoms with E-state index >= 15 is 0 Å². The van der Waals surface area contributed by atoms with Crippen molar-refractivity contribution in [3.05, 3.63) is 63.1 Å². The highest BCUT2D eigenvalue weighted by atomic mass is 79.9. The Morgan fingerprint density at radius 2 is 1.58 bits per heavy atom. The number of ether oxygens (including phenoxy) is 1. The van der Waals surface area contributed by atoms with Gasteiger partial charge in [0.15, 0.2) is 0 Å². The lowest BCUT2D eigenvalue weighted by Crippen LogP contribution is -3.27.